The van der Waals surface area contributed by atoms with Crippen LogP contribution in [0.5, 0.6) is 0 Å². The molecule has 0 aromatic heterocycles. The molecule has 10 aromatic carbocycles. The van der Waals surface area contributed by atoms with E-state index in [1.54, 1.807) is 0 Å². The molecule has 0 aliphatic rings. The Hall–Kier alpha value is -6.50. The Balaban J connectivity index is 1.23. The molecule has 262 valence electrons. The second kappa shape index (κ2) is 12.8. The lowest BCUT2D eigenvalue weighted by Gasteiger charge is -2.21. The Morgan fingerprint density at radius 1 is 0.309 bits per heavy atom. The predicted molar refractivity (Wildman–Crippen MR) is 239 cm³/mol. The van der Waals surface area contributed by atoms with E-state index in [1.165, 1.54) is 109 Å². The normalized spacial score (nSPS) is 12.0. The lowest BCUT2D eigenvalue weighted by molar-refractivity contribution is 0.590. The fraction of sp³-hybridized carbons (Fsp3) is 0.0909. The van der Waals surface area contributed by atoms with Gasteiger partial charge >= 0.3 is 0 Å². The summed E-state index contributed by atoms with van der Waals surface area (Å²) in [7, 11) is 0. The molecule has 0 saturated carbocycles. The molecule has 10 aromatic rings. The van der Waals surface area contributed by atoms with Crippen molar-refractivity contribution in [3.05, 3.63) is 193 Å². The Bertz CT molecular complexity index is 3040. The van der Waals surface area contributed by atoms with E-state index in [-0.39, 0.29) is 5.41 Å². The van der Waals surface area contributed by atoms with Crippen LogP contribution >= 0.6 is 0 Å². The SMILES string of the molecule is Cc1c2ccccc2c(-c2ccc(-c3c4ccccc4c(-c4cccc5ccccc45)c4cc(-c5ccc(C(C)(C)C)cc5)ccc34)cc2)c2ccccc12. The van der Waals surface area contributed by atoms with Gasteiger partial charge < -0.3 is 0 Å². The molecule has 0 nitrogen and oxygen atoms in total. The van der Waals surface area contributed by atoms with Gasteiger partial charge in [0.15, 0.2) is 0 Å². The van der Waals surface area contributed by atoms with Gasteiger partial charge in [-0.2, -0.15) is 0 Å². The van der Waals surface area contributed by atoms with Crippen molar-refractivity contribution in [1.82, 2.24) is 0 Å². The van der Waals surface area contributed by atoms with Crippen LogP contribution in [0.4, 0.5) is 0 Å². The summed E-state index contributed by atoms with van der Waals surface area (Å²) in [6.07, 6.45) is 0. The zero-order valence-electron chi connectivity index (χ0n) is 31.8. The van der Waals surface area contributed by atoms with Crippen molar-refractivity contribution >= 4 is 53.9 Å². The largest absolute Gasteiger partial charge is 0.0616 e. The first-order valence-corrected chi connectivity index (χ1v) is 19.4. The van der Waals surface area contributed by atoms with Crippen LogP contribution in [0.2, 0.25) is 0 Å². The lowest BCUT2D eigenvalue weighted by atomic mass is 9.83. The fourth-order valence-electron chi connectivity index (χ4n) is 9.03. The van der Waals surface area contributed by atoms with Gasteiger partial charge in [0.25, 0.3) is 0 Å². The minimum Gasteiger partial charge on any atom is -0.0616 e. The van der Waals surface area contributed by atoms with Gasteiger partial charge in [-0.1, -0.05) is 197 Å². The molecule has 55 heavy (non-hydrogen) atoms. The van der Waals surface area contributed by atoms with Crippen LogP contribution < -0.4 is 0 Å². The highest BCUT2D eigenvalue weighted by molar-refractivity contribution is 6.24. The monoisotopic (exact) mass is 702 g/mol. The van der Waals surface area contributed by atoms with Crippen LogP contribution in [-0.2, 0) is 5.41 Å². The Kier molecular flexibility index (Phi) is 7.72. The first kappa shape index (κ1) is 33.1. The number of hydrogen-bond donors (Lipinski definition) is 0. The molecule has 0 heterocycles. The molecule has 0 atom stereocenters. The molecule has 10 rings (SSSR count). The van der Waals surface area contributed by atoms with Crippen LogP contribution in [0, 0.1) is 6.92 Å². The summed E-state index contributed by atoms with van der Waals surface area (Å²) >= 11 is 0. The van der Waals surface area contributed by atoms with Crippen LogP contribution in [0.1, 0.15) is 31.9 Å². The van der Waals surface area contributed by atoms with E-state index < -0.39 is 0 Å². The zero-order chi connectivity index (χ0) is 37.3. The van der Waals surface area contributed by atoms with E-state index in [9.17, 15) is 0 Å². The highest BCUT2D eigenvalue weighted by Crippen LogP contribution is 2.47. The average Bonchev–Trinajstić information content (AvgIpc) is 3.23. The fourth-order valence-corrected chi connectivity index (χ4v) is 9.03. The number of hydrogen-bond acceptors (Lipinski definition) is 0. The molecule has 0 saturated heterocycles. The topological polar surface area (TPSA) is 0 Å². The van der Waals surface area contributed by atoms with Gasteiger partial charge in [0.1, 0.15) is 0 Å². The zero-order valence-corrected chi connectivity index (χ0v) is 31.8. The summed E-state index contributed by atoms with van der Waals surface area (Å²) < 4.78 is 0. The smallest absolute Gasteiger partial charge is 0.00199 e. The quantitative estimate of drug-likeness (QED) is 0.160. The van der Waals surface area contributed by atoms with Crippen molar-refractivity contribution in [2.45, 2.75) is 33.1 Å². The van der Waals surface area contributed by atoms with Gasteiger partial charge in [-0.3, -0.25) is 0 Å². The summed E-state index contributed by atoms with van der Waals surface area (Å²) in [6.45, 7) is 9.08. The Morgan fingerprint density at radius 3 is 1.29 bits per heavy atom. The maximum Gasteiger partial charge on any atom is -0.00199 e. The minimum atomic E-state index is 0.104. The van der Waals surface area contributed by atoms with Crippen LogP contribution in [0.15, 0.2) is 182 Å². The van der Waals surface area contributed by atoms with Gasteiger partial charge in [0, 0.05) is 0 Å². The number of rotatable bonds is 4. The van der Waals surface area contributed by atoms with Crippen molar-refractivity contribution in [3.63, 3.8) is 0 Å². The molecule has 0 amide bonds. The van der Waals surface area contributed by atoms with Gasteiger partial charge in [-0.15, -0.1) is 0 Å². The summed E-state index contributed by atoms with van der Waals surface area (Å²) in [5.41, 5.74) is 12.8. The molecule has 0 N–H and O–H groups in total. The molecule has 0 heteroatoms. The van der Waals surface area contributed by atoms with Crippen molar-refractivity contribution in [1.29, 1.82) is 0 Å². The van der Waals surface area contributed by atoms with E-state index >= 15 is 0 Å². The molecular formula is C55H42. The highest BCUT2D eigenvalue weighted by Gasteiger charge is 2.20. The van der Waals surface area contributed by atoms with Gasteiger partial charge in [0.2, 0.25) is 0 Å². The molecule has 0 bridgehead atoms. The first-order valence-electron chi connectivity index (χ1n) is 19.4. The van der Waals surface area contributed by atoms with Crippen molar-refractivity contribution in [2.75, 3.05) is 0 Å². The van der Waals surface area contributed by atoms with E-state index in [4.69, 9.17) is 0 Å². The molecule has 0 aliphatic heterocycles. The second-order valence-electron chi connectivity index (χ2n) is 16.1. The summed E-state index contributed by atoms with van der Waals surface area (Å²) in [4.78, 5) is 0. The Morgan fingerprint density at radius 2 is 0.727 bits per heavy atom. The van der Waals surface area contributed by atoms with Gasteiger partial charge in [-0.25, -0.2) is 0 Å². The average molecular weight is 703 g/mol. The summed E-state index contributed by atoms with van der Waals surface area (Å²) in [5.74, 6) is 0. The third-order valence-electron chi connectivity index (χ3n) is 11.8. The van der Waals surface area contributed by atoms with E-state index in [0.717, 1.165) is 0 Å². The van der Waals surface area contributed by atoms with Crippen LogP contribution in [-0.4, -0.2) is 0 Å². The van der Waals surface area contributed by atoms with Crippen molar-refractivity contribution in [2.24, 2.45) is 0 Å². The maximum atomic E-state index is 2.44. The van der Waals surface area contributed by atoms with Gasteiger partial charge in [-0.05, 0) is 128 Å². The minimum absolute atomic E-state index is 0.104. The molecule has 0 spiro atoms. The number of benzene rings is 10. The van der Waals surface area contributed by atoms with Crippen LogP contribution in [0.25, 0.3) is 98.4 Å². The number of aryl methyl sites for hydroxylation is 1. The predicted octanol–water partition coefficient (Wildman–Crippen LogP) is 15.7. The van der Waals surface area contributed by atoms with Crippen LogP contribution in [0.3, 0.4) is 0 Å². The van der Waals surface area contributed by atoms with Crippen molar-refractivity contribution < 1.29 is 0 Å². The standard InChI is InChI=1S/C55H42/c1-35-42-16-7-9-19-45(42)52(46-20-10-8-17-43(35)46)38-24-26-39(27-25-38)53-48-21-11-12-22-49(48)54(47-23-13-15-37-14-5-6-18-44(37)47)51-34-40(30-33-50(51)53)36-28-31-41(32-29-36)55(2,3)4/h5-34H,1-4H3. The molecular weight excluding hydrogens is 661 g/mol. The highest BCUT2D eigenvalue weighted by atomic mass is 14.2. The second-order valence-corrected chi connectivity index (χ2v) is 16.1. The lowest BCUT2D eigenvalue weighted by Crippen LogP contribution is -2.10. The molecule has 0 aliphatic carbocycles. The third-order valence-corrected chi connectivity index (χ3v) is 11.8. The van der Waals surface area contributed by atoms with E-state index in [1.807, 2.05) is 0 Å². The molecule has 0 fully saturated rings. The molecule has 0 radical (unpaired) electrons. The van der Waals surface area contributed by atoms with Gasteiger partial charge in [0.05, 0.1) is 0 Å². The van der Waals surface area contributed by atoms with E-state index in [2.05, 4.69) is 210 Å². The summed E-state index contributed by atoms with van der Waals surface area (Å²) in [6, 6.07) is 67.9. The maximum absolute atomic E-state index is 2.44. The Labute approximate surface area is 323 Å². The number of fused-ring (bicyclic) bond motifs is 5. The third kappa shape index (κ3) is 5.44. The summed E-state index contributed by atoms with van der Waals surface area (Å²) in [5, 5.41) is 12.8. The molecule has 0 unspecified atom stereocenters. The van der Waals surface area contributed by atoms with Crippen molar-refractivity contribution in [3.8, 4) is 44.5 Å². The first-order chi connectivity index (χ1) is 26.8. The van der Waals surface area contributed by atoms with E-state index in [0.29, 0.717) is 0 Å².